The molecule has 0 atom stereocenters. The minimum absolute atomic E-state index is 0.0564. The summed E-state index contributed by atoms with van der Waals surface area (Å²) >= 11 is 0. The third-order valence-corrected chi connectivity index (χ3v) is 7.02. The van der Waals surface area contributed by atoms with Crippen molar-refractivity contribution in [1.29, 1.82) is 5.26 Å². The number of hydrogen-bond donors (Lipinski definition) is 1. The number of rotatable bonds is 11. The largest absolute Gasteiger partial charge is 0.489 e. The normalized spacial score (nSPS) is 13.3. The highest BCUT2D eigenvalue weighted by molar-refractivity contribution is 5.71. The predicted molar refractivity (Wildman–Crippen MR) is 147 cm³/mol. The number of aromatic nitrogens is 1. The zero-order chi connectivity index (χ0) is 28.8. The topological polar surface area (TPSA) is 95.7 Å². The highest BCUT2D eigenvalue weighted by Crippen LogP contribution is 2.32. The molecule has 1 N–H and O–H groups in total. The Balaban J connectivity index is 1.35. The standard InChI is InChI=1S/C32H27F2N3O4/c33-12-29-24(4-3-6-27(29)28-5-1-2-7-30(28)34)20-40-26-9-8-23(16-37-17-25(18-37)32(38)39)31(11-26)41-19-22-10-21(13-35)14-36-15-22/h1-11,14-15,25H,12,16-20H2,(H,38,39). The Hall–Kier alpha value is -4.81. The van der Waals surface area contributed by atoms with E-state index in [1.54, 1.807) is 60.8 Å². The van der Waals surface area contributed by atoms with Crippen molar-refractivity contribution in [3.63, 3.8) is 0 Å². The number of aliphatic carboxylic acids is 1. The van der Waals surface area contributed by atoms with Crippen molar-refractivity contribution < 1.29 is 28.2 Å². The van der Waals surface area contributed by atoms with Crippen molar-refractivity contribution >= 4 is 5.97 Å². The zero-order valence-corrected chi connectivity index (χ0v) is 22.1. The molecule has 1 aromatic heterocycles. The number of carboxylic acids is 1. The fourth-order valence-corrected chi connectivity index (χ4v) is 4.80. The number of carboxylic acid groups (broad SMARTS) is 1. The molecule has 1 saturated heterocycles. The fraction of sp³-hybridized carbons (Fsp3) is 0.219. The van der Waals surface area contributed by atoms with Crippen LogP contribution >= 0.6 is 0 Å². The second kappa shape index (κ2) is 12.6. The predicted octanol–water partition coefficient (Wildman–Crippen LogP) is 5.90. The van der Waals surface area contributed by atoms with E-state index in [1.165, 1.54) is 12.3 Å². The molecule has 0 bridgehead atoms. The van der Waals surface area contributed by atoms with Crippen LogP contribution in [0.2, 0.25) is 0 Å². The van der Waals surface area contributed by atoms with Crippen molar-refractivity contribution in [2.45, 2.75) is 26.4 Å². The van der Waals surface area contributed by atoms with E-state index in [0.29, 0.717) is 64.5 Å². The first kappa shape index (κ1) is 27.7. The molecule has 7 nitrogen and oxygen atoms in total. The average molecular weight is 556 g/mol. The van der Waals surface area contributed by atoms with Crippen LogP contribution < -0.4 is 9.47 Å². The van der Waals surface area contributed by atoms with Gasteiger partial charge in [0.25, 0.3) is 0 Å². The molecule has 5 rings (SSSR count). The summed E-state index contributed by atoms with van der Waals surface area (Å²) in [7, 11) is 0. The Morgan fingerprint density at radius 2 is 1.80 bits per heavy atom. The smallest absolute Gasteiger partial charge is 0.309 e. The Kier molecular flexibility index (Phi) is 8.51. The maximum absolute atomic E-state index is 14.5. The van der Waals surface area contributed by atoms with Gasteiger partial charge < -0.3 is 14.6 Å². The van der Waals surface area contributed by atoms with Crippen LogP contribution in [0.4, 0.5) is 8.78 Å². The van der Waals surface area contributed by atoms with E-state index < -0.39 is 18.5 Å². The monoisotopic (exact) mass is 555 g/mol. The Morgan fingerprint density at radius 3 is 2.56 bits per heavy atom. The van der Waals surface area contributed by atoms with Crippen LogP contribution in [0.15, 0.2) is 79.1 Å². The van der Waals surface area contributed by atoms with E-state index in [1.807, 2.05) is 11.0 Å². The summed E-state index contributed by atoms with van der Waals surface area (Å²) in [5.41, 5.74) is 3.75. The van der Waals surface area contributed by atoms with Gasteiger partial charge in [-0.1, -0.05) is 42.5 Å². The van der Waals surface area contributed by atoms with Gasteiger partial charge in [0.05, 0.1) is 11.5 Å². The maximum atomic E-state index is 14.5. The highest BCUT2D eigenvalue weighted by Gasteiger charge is 2.32. The Labute approximate surface area is 236 Å². The van der Waals surface area contributed by atoms with Gasteiger partial charge >= 0.3 is 5.97 Å². The van der Waals surface area contributed by atoms with Gasteiger partial charge in [0.15, 0.2) is 0 Å². The van der Waals surface area contributed by atoms with E-state index in [2.05, 4.69) is 11.1 Å². The molecule has 0 aliphatic carbocycles. The van der Waals surface area contributed by atoms with E-state index in [-0.39, 0.29) is 19.1 Å². The number of halogens is 2. The number of pyridine rings is 1. The first-order valence-electron chi connectivity index (χ1n) is 13.0. The summed E-state index contributed by atoms with van der Waals surface area (Å²) in [5.74, 6) is -0.593. The molecular weight excluding hydrogens is 528 g/mol. The first-order chi connectivity index (χ1) is 19.9. The van der Waals surface area contributed by atoms with Gasteiger partial charge in [-0.15, -0.1) is 0 Å². The second-order valence-electron chi connectivity index (χ2n) is 9.83. The lowest BCUT2D eigenvalue weighted by Crippen LogP contribution is -2.49. The van der Waals surface area contributed by atoms with E-state index in [4.69, 9.17) is 9.47 Å². The highest BCUT2D eigenvalue weighted by atomic mass is 19.1. The number of likely N-dealkylation sites (tertiary alicyclic amines) is 1. The Bertz CT molecular complexity index is 1600. The van der Waals surface area contributed by atoms with E-state index >= 15 is 0 Å². The number of nitriles is 1. The number of alkyl halides is 1. The third kappa shape index (κ3) is 6.51. The minimum Gasteiger partial charge on any atom is -0.489 e. The van der Waals surface area contributed by atoms with Gasteiger partial charge in [0.2, 0.25) is 0 Å². The molecule has 4 aromatic rings. The van der Waals surface area contributed by atoms with Crippen LogP contribution in [0.1, 0.15) is 27.8 Å². The number of benzene rings is 3. The van der Waals surface area contributed by atoms with Crippen LogP contribution in [0.3, 0.4) is 0 Å². The molecule has 9 heteroatoms. The summed E-state index contributed by atoms with van der Waals surface area (Å²) in [6.07, 6.45) is 3.09. The van der Waals surface area contributed by atoms with E-state index in [9.17, 15) is 23.9 Å². The zero-order valence-electron chi connectivity index (χ0n) is 22.1. The molecule has 0 radical (unpaired) electrons. The van der Waals surface area contributed by atoms with Gasteiger partial charge in [-0.25, -0.2) is 8.78 Å². The molecule has 0 unspecified atom stereocenters. The molecular formula is C32H27F2N3O4. The summed E-state index contributed by atoms with van der Waals surface area (Å²) in [6.45, 7) is 0.831. The molecule has 1 aliphatic heterocycles. The summed E-state index contributed by atoms with van der Waals surface area (Å²) in [6, 6.07) is 20.6. The molecule has 0 spiro atoms. The third-order valence-electron chi connectivity index (χ3n) is 7.02. The van der Waals surface area contributed by atoms with Crippen molar-refractivity contribution in [1.82, 2.24) is 9.88 Å². The quantitative estimate of drug-likeness (QED) is 0.246. The molecule has 3 aromatic carbocycles. The molecule has 0 amide bonds. The summed E-state index contributed by atoms with van der Waals surface area (Å²) in [5, 5.41) is 18.4. The molecule has 41 heavy (non-hydrogen) atoms. The Morgan fingerprint density at radius 1 is 1.00 bits per heavy atom. The molecule has 0 saturated carbocycles. The lowest BCUT2D eigenvalue weighted by atomic mass is 9.96. The first-order valence-corrected chi connectivity index (χ1v) is 13.0. The maximum Gasteiger partial charge on any atom is 0.309 e. The number of hydrogen-bond acceptors (Lipinski definition) is 6. The molecule has 1 aliphatic rings. The van der Waals surface area contributed by atoms with Gasteiger partial charge in [-0.3, -0.25) is 14.7 Å². The van der Waals surface area contributed by atoms with Gasteiger partial charge in [0.1, 0.15) is 43.3 Å². The minimum atomic E-state index is -0.807. The van der Waals surface area contributed by atoms with Crippen molar-refractivity contribution in [3.8, 4) is 28.7 Å². The average Bonchev–Trinajstić information content (AvgIpc) is 2.97. The van der Waals surface area contributed by atoms with Crippen molar-refractivity contribution in [2.75, 3.05) is 13.1 Å². The van der Waals surface area contributed by atoms with Crippen LogP contribution in [0.25, 0.3) is 11.1 Å². The van der Waals surface area contributed by atoms with Crippen molar-refractivity contribution in [2.24, 2.45) is 5.92 Å². The van der Waals surface area contributed by atoms with Crippen LogP contribution in [-0.4, -0.2) is 34.0 Å². The van der Waals surface area contributed by atoms with Crippen molar-refractivity contribution in [3.05, 3.63) is 113 Å². The second-order valence-corrected chi connectivity index (χ2v) is 9.83. The van der Waals surface area contributed by atoms with Crippen LogP contribution in [0.5, 0.6) is 11.5 Å². The lowest BCUT2D eigenvalue weighted by Gasteiger charge is -2.36. The van der Waals surface area contributed by atoms with Crippen LogP contribution in [-0.2, 0) is 31.2 Å². The molecule has 1 fully saturated rings. The van der Waals surface area contributed by atoms with Crippen LogP contribution in [0, 0.1) is 23.1 Å². The molecule has 2 heterocycles. The summed E-state index contributed by atoms with van der Waals surface area (Å²) < 4.78 is 40.8. The SMILES string of the molecule is N#Cc1cncc(COc2cc(OCc3cccc(-c4ccccc4F)c3CF)ccc2CN2CC(C(=O)O)C2)c1. The fourth-order valence-electron chi connectivity index (χ4n) is 4.80. The number of nitrogens with zero attached hydrogens (tertiary/aromatic N) is 3. The van der Waals surface area contributed by atoms with Gasteiger partial charge in [-0.2, -0.15) is 5.26 Å². The number of ether oxygens (including phenoxy) is 2. The lowest BCUT2D eigenvalue weighted by molar-refractivity contribution is -0.147. The van der Waals surface area contributed by atoms with E-state index in [0.717, 1.165) is 5.56 Å². The van der Waals surface area contributed by atoms with Gasteiger partial charge in [-0.05, 0) is 34.9 Å². The summed E-state index contributed by atoms with van der Waals surface area (Å²) in [4.78, 5) is 17.3. The number of carbonyl (C=O) groups is 1. The van der Waals surface area contributed by atoms with Gasteiger partial charge in [0, 0.05) is 54.8 Å². The molecule has 208 valence electrons.